The minimum Gasteiger partial charge on any atom is -0.355 e. The van der Waals surface area contributed by atoms with Crippen LogP contribution in [0.2, 0.25) is 0 Å². The Hall–Kier alpha value is -1.97. The summed E-state index contributed by atoms with van der Waals surface area (Å²) in [5, 5.41) is 2.95. The molecule has 0 aliphatic carbocycles. The Labute approximate surface area is 203 Å². The van der Waals surface area contributed by atoms with Crippen LogP contribution in [0.1, 0.15) is 57.4 Å². The van der Waals surface area contributed by atoms with Crippen LogP contribution in [0.25, 0.3) is 0 Å². The molecule has 188 valence electrons. The van der Waals surface area contributed by atoms with Crippen LogP contribution in [0.15, 0.2) is 23.1 Å². The third-order valence-electron chi connectivity index (χ3n) is 7.22. The van der Waals surface area contributed by atoms with E-state index in [0.717, 1.165) is 56.8 Å². The number of rotatable bonds is 8. The normalized spacial score (nSPS) is 22.4. The highest BCUT2D eigenvalue weighted by Crippen LogP contribution is 2.31. The zero-order valence-corrected chi connectivity index (χ0v) is 21.1. The van der Waals surface area contributed by atoms with Gasteiger partial charge in [-0.25, -0.2) is 8.42 Å². The van der Waals surface area contributed by atoms with Gasteiger partial charge in [-0.15, -0.1) is 0 Å². The van der Waals surface area contributed by atoms with Crippen LogP contribution in [-0.2, 0) is 26.0 Å². The number of carbonyl (C=O) groups excluding carboxylic acids is 2. The van der Waals surface area contributed by atoms with Crippen LogP contribution in [0.3, 0.4) is 0 Å². The highest BCUT2D eigenvalue weighted by Gasteiger charge is 2.30. The number of nitrogens with one attached hydrogen (secondary N) is 1. The fraction of sp³-hybridized carbons (Fsp3) is 0.680. The number of carbonyl (C=O) groups is 2. The molecule has 3 heterocycles. The topological polar surface area (TPSA) is 90.0 Å². The van der Waals surface area contributed by atoms with Crippen LogP contribution >= 0.6 is 0 Å². The number of fused-ring (bicyclic) bond motifs is 1. The summed E-state index contributed by atoms with van der Waals surface area (Å²) < 4.78 is 27.7. The smallest absolute Gasteiger partial charge is 0.243 e. The molecule has 0 bridgehead atoms. The molecule has 0 spiro atoms. The maximum absolute atomic E-state index is 13.1. The lowest BCUT2D eigenvalue weighted by molar-refractivity contribution is -0.124. The fourth-order valence-electron chi connectivity index (χ4n) is 5.34. The van der Waals surface area contributed by atoms with Crippen molar-refractivity contribution in [1.29, 1.82) is 0 Å². The molecule has 0 aromatic heterocycles. The number of anilines is 1. The first-order valence-electron chi connectivity index (χ1n) is 12.8. The van der Waals surface area contributed by atoms with Crippen molar-refractivity contribution in [3.8, 4) is 0 Å². The van der Waals surface area contributed by atoms with Crippen LogP contribution < -0.4 is 10.2 Å². The van der Waals surface area contributed by atoms with E-state index in [0.29, 0.717) is 31.7 Å². The molecule has 0 radical (unpaired) electrons. The predicted molar refractivity (Wildman–Crippen MR) is 132 cm³/mol. The molecule has 1 aromatic carbocycles. The van der Waals surface area contributed by atoms with E-state index in [1.807, 2.05) is 0 Å². The summed E-state index contributed by atoms with van der Waals surface area (Å²) in [4.78, 5) is 29.4. The summed E-state index contributed by atoms with van der Waals surface area (Å²) >= 11 is 0. The molecule has 3 aliphatic rings. The van der Waals surface area contributed by atoms with E-state index in [2.05, 4.69) is 17.1 Å². The first-order chi connectivity index (χ1) is 16.3. The number of aryl methyl sites for hydroxylation is 1. The van der Waals surface area contributed by atoms with Crippen LogP contribution in [0, 0.1) is 5.92 Å². The minimum atomic E-state index is -3.53. The molecule has 1 aromatic rings. The van der Waals surface area contributed by atoms with Gasteiger partial charge in [-0.1, -0.05) is 13.3 Å². The van der Waals surface area contributed by atoms with Gasteiger partial charge in [0.25, 0.3) is 0 Å². The zero-order chi connectivity index (χ0) is 24.1. The van der Waals surface area contributed by atoms with Gasteiger partial charge >= 0.3 is 0 Å². The van der Waals surface area contributed by atoms with Gasteiger partial charge in [-0.3, -0.25) is 9.59 Å². The van der Waals surface area contributed by atoms with Crippen molar-refractivity contribution in [1.82, 2.24) is 14.5 Å². The predicted octanol–water partition coefficient (Wildman–Crippen LogP) is 2.38. The summed E-state index contributed by atoms with van der Waals surface area (Å²) in [7, 11) is -3.53. The minimum absolute atomic E-state index is 0.0369. The second-order valence-electron chi connectivity index (χ2n) is 9.99. The Morgan fingerprint density at radius 2 is 1.88 bits per heavy atom. The van der Waals surface area contributed by atoms with Crippen molar-refractivity contribution in [3.05, 3.63) is 23.8 Å². The monoisotopic (exact) mass is 490 g/mol. The molecule has 3 aliphatic heterocycles. The number of piperidine rings is 2. The Morgan fingerprint density at radius 3 is 2.65 bits per heavy atom. The summed E-state index contributed by atoms with van der Waals surface area (Å²) in [6.07, 6.45) is 7.03. The lowest BCUT2D eigenvalue weighted by Gasteiger charge is -2.31. The Balaban J connectivity index is 1.34. The van der Waals surface area contributed by atoms with Crippen molar-refractivity contribution in [2.24, 2.45) is 5.92 Å². The second kappa shape index (κ2) is 11.2. The maximum Gasteiger partial charge on any atom is 0.243 e. The van der Waals surface area contributed by atoms with E-state index >= 15 is 0 Å². The second-order valence-corrected chi connectivity index (χ2v) is 11.9. The Kier molecular flexibility index (Phi) is 8.26. The molecule has 9 heteroatoms. The molecule has 4 rings (SSSR count). The number of hydrogen-bond acceptors (Lipinski definition) is 5. The van der Waals surface area contributed by atoms with E-state index in [1.165, 1.54) is 17.7 Å². The van der Waals surface area contributed by atoms with Gasteiger partial charge in [0.1, 0.15) is 6.54 Å². The average molecular weight is 491 g/mol. The Morgan fingerprint density at radius 1 is 1.09 bits per heavy atom. The van der Waals surface area contributed by atoms with Gasteiger partial charge in [0.05, 0.1) is 4.90 Å². The first kappa shape index (κ1) is 25.1. The average Bonchev–Trinajstić information content (AvgIpc) is 2.84. The molecule has 2 fully saturated rings. The third kappa shape index (κ3) is 5.98. The molecule has 1 N–H and O–H groups in total. The van der Waals surface area contributed by atoms with Gasteiger partial charge in [-0.05, 0) is 81.3 Å². The van der Waals surface area contributed by atoms with Gasteiger partial charge in [0.2, 0.25) is 21.8 Å². The molecule has 2 saturated heterocycles. The molecule has 2 amide bonds. The lowest BCUT2D eigenvalue weighted by atomic mass is 10.0. The van der Waals surface area contributed by atoms with Gasteiger partial charge in [0.15, 0.2) is 0 Å². The zero-order valence-electron chi connectivity index (χ0n) is 20.3. The van der Waals surface area contributed by atoms with Gasteiger partial charge < -0.3 is 15.1 Å². The van der Waals surface area contributed by atoms with Crippen molar-refractivity contribution < 1.29 is 18.0 Å². The van der Waals surface area contributed by atoms with E-state index in [-0.39, 0.29) is 29.7 Å². The number of hydrogen-bond donors (Lipinski definition) is 1. The largest absolute Gasteiger partial charge is 0.355 e. The number of amides is 2. The van der Waals surface area contributed by atoms with E-state index in [1.54, 1.807) is 22.5 Å². The molecular weight excluding hydrogens is 452 g/mol. The van der Waals surface area contributed by atoms with Crippen molar-refractivity contribution in [2.75, 3.05) is 50.7 Å². The first-order valence-corrected chi connectivity index (χ1v) is 14.2. The molecule has 1 atom stereocenters. The summed E-state index contributed by atoms with van der Waals surface area (Å²) in [6.45, 7) is 7.19. The maximum atomic E-state index is 13.1. The highest BCUT2D eigenvalue weighted by molar-refractivity contribution is 7.89. The molecular formula is C25H38N4O4S. The number of benzene rings is 1. The molecule has 8 nitrogen and oxygen atoms in total. The van der Waals surface area contributed by atoms with Crippen molar-refractivity contribution in [3.63, 3.8) is 0 Å². The van der Waals surface area contributed by atoms with Crippen LogP contribution in [0.5, 0.6) is 0 Å². The SMILES string of the molecule is C[C@@H]1CCCN(CCCNC(=O)CN2C(=O)CCc3cc(S(=O)(=O)N4CCCCC4)ccc32)C1. The van der Waals surface area contributed by atoms with E-state index in [4.69, 9.17) is 0 Å². The summed E-state index contributed by atoms with van der Waals surface area (Å²) in [5.41, 5.74) is 1.45. The van der Waals surface area contributed by atoms with Crippen LogP contribution in [0.4, 0.5) is 5.69 Å². The van der Waals surface area contributed by atoms with Crippen LogP contribution in [-0.4, -0.2) is 75.3 Å². The van der Waals surface area contributed by atoms with Gasteiger partial charge in [-0.2, -0.15) is 4.31 Å². The number of sulfonamides is 1. The standard InChI is InChI=1S/C25H38N4O4S/c1-20-7-5-13-27(18-20)14-6-12-26-24(30)19-29-23-10-9-22(17-21(23)8-11-25(29)31)34(32,33)28-15-3-2-4-16-28/h9-10,17,20H,2-8,11-16,18-19H2,1H3,(H,26,30)/t20-/m1/s1. The number of nitrogens with zero attached hydrogens (tertiary/aromatic N) is 3. The van der Waals surface area contributed by atoms with Crippen molar-refractivity contribution >= 4 is 27.5 Å². The fourth-order valence-corrected chi connectivity index (χ4v) is 6.91. The highest BCUT2D eigenvalue weighted by atomic mass is 32.2. The van der Waals surface area contributed by atoms with E-state index < -0.39 is 10.0 Å². The number of likely N-dealkylation sites (tertiary alicyclic amines) is 1. The summed E-state index contributed by atoms with van der Waals surface area (Å²) in [6, 6.07) is 4.95. The van der Waals surface area contributed by atoms with E-state index in [9.17, 15) is 18.0 Å². The van der Waals surface area contributed by atoms with Gasteiger partial charge in [0, 0.05) is 38.3 Å². The third-order valence-corrected chi connectivity index (χ3v) is 9.11. The molecule has 34 heavy (non-hydrogen) atoms. The Bertz CT molecular complexity index is 991. The molecule has 0 unspecified atom stereocenters. The quantitative estimate of drug-likeness (QED) is 0.565. The van der Waals surface area contributed by atoms with Crippen molar-refractivity contribution in [2.45, 2.75) is 63.2 Å². The lowest BCUT2D eigenvalue weighted by Crippen LogP contribution is -2.44. The summed E-state index contributed by atoms with van der Waals surface area (Å²) in [5.74, 6) is 0.457. The molecule has 0 saturated carbocycles.